The minimum atomic E-state index is -3.17. The quantitative estimate of drug-likeness (QED) is 0.697. The van der Waals surface area contributed by atoms with Gasteiger partial charge in [-0.25, -0.2) is 8.42 Å². The highest BCUT2D eigenvalue weighted by molar-refractivity contribution is 7.90. The number of hydrogen-bond acceptors (Lipinski definition) is 4. The molecule has 1 aliphatic rings. The maximum Gasteiger partial charge on any atom is 0.175 e. The van der Waals surface area contributed by atoms with Crippen molar-refractivity contribution in [2.75, 3.05) is 32.5 Å². The first-order valence-electron chi connectivity index (χ1n) is 9.21. The molecule has 4 nitrogen and oxygen atoms in total. The summed E-state index contributed by atoms with van der Waals surface area (Å²) in [6, 6.07) is 14.7. The zero-order valence-electron chi connectivity index (χ0n) is 15.8. The van der Waals surface area contributed by atoms with Crippen molar-refractivity contribution in [2.45, 2.75) is 18.2 Å². The molecular formula is C21H26ClNO3S. The van der Waals surface area contributed by atoms with Crippen LogP contribution in [-0.4, -0.2) is 45.8 Å². The van der Waals surface area contributed by atoms with Gasteiger partial charge in [0.15, 0.2) is 9.84 Å². The predicted molar refractivity (Wildman–Crippen MR) is 109 cm³/mol. The van der Waals surface area contributed by atoms with E-state index in [1.807, 2.05) is 18.2 Å². The molecule has 27 heavy (non-hydrogen) atoms. The molecule has 1 heterocycles. The lowest BCUT2D eigenvalue weighted by atomic mass is 9.99. The lowest BCUT2D eigenvalue weighted by Crippen LogP contribution is -2.24. The van der Waals surface area contributed by atoms with E-state index >= 15 is 0 Å². The second-order valence-electron chi connectivity index (χ2n) is 7.43. The van der Waals surface area contributed by atoms with Gasteiger partial charge < -0.3 is 9.64 Å². The Morgan fingerprint density at radius 3 is 2.56 bits per heavy atom. The lowest BCUT2D eigenvalue weighted by molar-refractivity contribution is 0.225. The molecule has 1 saturated heterocycles. The van der Waals surface area contributed by atoms with E-state index < -0.39 is 9.84 Å². The molecule has 146 valence electrons. The van der Waals surface area contributed by atoms with Gasteiger partial charge in [0.25, 0.3) is 0 Å². The maximum absolute atomic E-state index is 11.5. The normalized spacial score (nSPS) is 20.7. The summed E-state index contributed by atoms with van der Waals surface area (Å²) in [5.74, 6) is 1.76. The topological polar surface area (TPSA) is 46.6 Å². The molecule has 6 heteroatoms. The molecule has 2 aromatic carbocycles. The van der Waals surface area contributed by atoms with Crippen molar-refractivity contribution in [1.29, 1.82) is 0 Å². The summed E-state index contributed by atoms with van der Waals surface area (Å²) in [6.07, 6.45) is 2.20. The molecule has 2 atom stereocenters. The molecule has 0 unspecified atom stereocenters. The van der Waals surface area contributed by atoms with E-state index in [0.29, 0.717) is 29.1 Å². The van der Waals surface area contributed by atoms with Gasteiger partial charge in [-0.05, 0) is 54.3 Å². The third-order valence-corrected chi connectivity index (χ3v) is 6.53. The van der Waals surface area contributed by atoms with E-state index in [2.05, 4.69) is 17.9 Å². The van der Waals surface area contributed by atoms with Crippen molar-refractivity contribution in [3.05, 3.63) is 59.1 Å². The molecular weight excluding hydrogens is 382 g/mol. The molecule has 0 aliphatic carbocycles. The van der Waals surface area contributed by atoms with Crippen LogP contribution >= 0.6 is 11.6 Å². The third-order valence-electron chi connectivity index (χ3n) is 5.17. The number of ether oxygens (including phenoxy) is 1. The average Bonchev–Trinajstić information content (AvgIpc) is 2.98. The second kappa shape index (κ2) is 8.63. The average molecular weight is 408 g/mol. The third kappa shape index (κ3) is 5.71. The van der Waals surface area contributed by atoms with Gasteiger partial charge in [0.05, 0.1) is 11.5 Å². The highest BCUT2D eigenvalue weighted by Gasteiger charge is 2.29. The summed E-state index contributed by atoms with van der Waals surface area (Å²) in [6.45, 7) is 6.02. The minimum Gasteiger partial charge on any atom is -0.493 e. The van der Waals surface area contributed by atoms with Gasteiger partial charge in [-0.1, -0.05) is 30.7 Å². The van der Waals surface area contributed by atoms with Gasteiger partial charge in [0.1, 0.15) is 5.75 Å². The number of sulfone groups is 1. The Kier molecular flexibility index (Phi) is 6.45. The van der Waals surface area contributed by atoms with E-state index in [1.54, 1.807) is 24.3 Å². The number of benzene rings is 2. The molecule has 2 aromatic rings. The minimum absolute atomic E-state index is 0.316. The van der Waals surface area contributed by atoms with Crippen molar-refractivity contribution < 1.29 is 13.2 Å². The fourth-order valence-electron chi connectivity index (χ4n) is 3.51. The Labute approximate surface area is 167 Å². The van der Waals surface area contributed by atoms with Crippen molar-refractivity contribution >= 4 is 21.4 Å². The number of hydrogen-bond donors (Lipinski definition) is 0. The van der Waals surface area contributed by atoms with E-state index in [9.17, 15) is 8.42 Å². The zero-order chi connectivity index (χ0) is 19.4. The molecule has 0 saturated carbocycles. The first-order valence-corrected chi connectivity index (χ1v) is 11.5. The van der Waals surface area contributed by atoms with Crippen LogP contribution in [-0.2, 0) is 16.3 Å². The Morgan fingerprint density at radius 2 is 1.89 bits per heavy atom. The van der Waals surface area contributed by atoms with Crippen LogP contribution in [0, 0.1) is 11.8 Å². The Morgan fingerprint density at radius 1 is 1.15 bits per heavy atom. The smallest absolute Gasteiger partial charge is 0.175 e. The molecule has 0 radical (unpaired) electrons. The van der Waals surface area contributed by atoms with Crippen molar-refractivity contribution in [3.63, 3.8) is 0 Å². The van der Waals surface area contributed by atoms with Gasteiger partial charge in [-0.15, -0.1) is 0 Å². The van der Waals surface area contributed by atoms with Gasteiger partial charge in [-0.3, -0.25) is 0 Å². The van der Waals surface area contributed by atoms with Crippen LogP contribution in [0.4, 0.5) is 0 Å². The molecule has 1 aliphatic heterocycles. The SMILES string of the molecule is C[C@H]1CN(CCc2cccc(Cl)c2)C[C@H]1COc1ccc(S(C)(=O)=O)cc1. The highest BCUT2D eigenvalue weighted by atomic mass is 35.5. The van der Waals surface area contributed by atoms with Gasteiger partial charge in [-0.2, -0.15) is 0 Å². The first kappa shape index (κ1) is 20.2. The summed E-state index contributed by atoms with van der Waals surface area (Å²) in [5, 5.41) is 0.787. The predicted octanol–water partition coefficient (Wildman–Crippen LogP) is 3.93. The Bertz CT molecular complexity index is 867. The van der Waals surface area contributed by atoms with Crippen LogP contribution in [0.5, 0.6) is 5.75 Å². The van der Waals surface area contributed by atoms with Crippen molar-refractivity contribution in [1.82, 2.24) is 4.90 Å². The van der Waals surface area contributed by atoms with Gasteiger partial charge in [0, 0.05) is 36.8 Å². The van der Waals surface area contributed by atoms with E-state index in [-0.39, 0.29) is 0 Å². The number of rotatable bonds is 7. The van der Waals surface area contributed by atoms with Crippen LogP contribution in [0.3, 0.4) is 0 Å². The number of likely N-dealkylation sites (tertiary alicyclic amines) is 1. The van der Waals surface area contributed by atoms with Gasteiger partial charge >= 0.3 is 0 Å². The van der Waals surface area contributed by atoms with E-state index in [4.69, 9.17) is 16.3 Å². The molecule has 0 bridgehead atoms. The fraction of sp³-hybridized carbons (Fsp3) is 0.429. The summed E-state index contributed by atoms with van der Waals surface area (Å²) < 4.78 is 29.0. The van der Waals surface area contributed by atoms with Crippen molar-refractivity contribution in [3.8, 4) is 5.75 Å². The highest BCUT2D eigenvalue weighted by Crippen LogP contribution is 2.25. The number of halogens is 1. The Balaban J connectivity index is 1.48. The second-order valence-corrected chi connectivity index (χ2v) is 9.88. The zero-order valence-corrected chi connectivity index (χ0v) is 17.3. The van der Waals surface area contributed by atoms with Crippen LogP contribution in [0.15, 0.2) is 53.4 Å². The van der Waals surface area contributed by atoms with Crippen LogP contribution < -0.4 is 4.74 Å². The molecule has 0 amide bonds. The van der Waals surface area contributed by atoms with E-state index in [1.165, 1.54) is 11.8 Å². The maximum atomic E-state index is 11.5. The summed E-state index contributed by atoms with van der Waals surface area (Å²) in [7, 11) is -3.17. The first-order chi connectivity index (χ1) is 12.8. The molecule has 0 aromatic heterocycles. The van der Waals surface area contributed by atoms with Crippen molar-refractivity contribution in [2.24, 2.45) is 11.8 Å². The summed E-state index contributed by atoms with van der Waals surface area (Å²) in [4.78, 5) is 2.79. The lowest BCUT2D eigenvalue weighted by Gasteiger charge is -2.17. The molecule has 1 fully saturated rings. The van der Waals surface area contributed by atoms with Crippen LogP contribution in [0.25, 0.3) is 0 Å². The van der Waals surface area contributed by atoms with Crippen LogP contribution in [0.1, 0.15) is 12.5 Å². The Hall–Kier alpha value is -1.56. The van der Waals surface area contributed by atoms with Crippen LogP contribution in [0.2, 0.25) is 5.02 Å². The number of nitrogens with zero attached hydrogens (tertiary/aromatic N) is 1. The standard InChI is InChI=1S/C21H26ClNO3S/c1-16-13-23(11-10-17-4-3-5-19(22)12-17)14-18(16)15-26-20-6-8-21(9-7-20)27(2,24)25/h3-9,12,16,18H,10-11,13-15H2,1-2H3/t16-,18-/m0/s1. The largest absolute Gasteiger partial charge is 0.493 e. The van der Waals surface area contributed by atoms with E-state index in [0.717, 1.165) is 31.1 Å². The monoisotopic (exact) mass is 407 g/mol. The van der Waals surface area contributed by atoms with Gasteiger partial charge in [0.2, 0.25) is 0 Å². The molecule has 0 N–H and O–H groups in total. The summed E-state index contributed by atoms with van der Waals surface area (Å²) >= 11 is 6.06. The molecule has 0 spiro atoms. The summed E-state index contributed by atoms with van der Waals surface area (Å²) in [5.41, 5.74) is 1.26. The molecule has 3 rings (SSSR count). The fourth-order valence-corrected chi connectivity index (χ4v) is 4.35.